The van der Waals surface area contributed by atoms with Crippen LogP contribution >= 0.6 is 47.2 Å². The van der Waals surface area contributed by atoms with Gasteiger partial charge in [-0.2, -0.15) is 0 Å². The normalized spacial score (nSPS) is 10.4. The lowest BCUT2D eigenvalue weighted by Gasteiger charge is -1.97. The first-order valence-corrected chi connectivity index (χ1v) is 5.99. The Morgan fingerprint density at radius 1 is 0.889 bits per heavy atom. The SMILES string of the molecule is C[n+]1ccc(/C=C/c2ccc(Cl)c(Cl)c2)cc1.I. The average Bonchev–Trinajstić information content (AvgIpc) is 2.33. The minimum Gasteiger partial charge on any atom is -0.208 e. The van der Waals surface area contributed by atoms with Crippen LogP contribution in [0.2, 0.25) is 10.0 Å². The highest BCUT2D eigenvalue weighted by Crippen LogP contribution is 2.23. The van der Waals surface area contributed by atoms with Gasteiger partial charge in [-0.05, 0) is 23.3 Å². The topological polar surface area (TPSA) is 3.88 Å². The van der Waals surface area contributed by atoms with E-state index in [-0.39, 0.29) is 24.0 Å². The molecule has 1 heterocycles. The second-order valence-corrected chi connectivity index (χ2v) is 4.62. The monoisotopic (exact) mass is 392 g/mol. The highest BCUT2D eigenvalue weighted by molar-refractivity contribution is 14.0. The maximum atomic E-state index is 5.95. The summed E-state index contributed by atoms with van der Waals surface area (Å²) in [7, 11) is 1.99. The number of pyridine rings is 1. The molecule has 1 aromatic heterocycles. The van der Waals surface area contributed by atoms with Gasteiger partial charge in [-0.25, -0.2) is 4.57 Å². The minimum atomic E-state index is 0. The van der Waals surface area contributed by atoms with E-state index in [4.69, 9.17) is 23.2 Å². The van der Waals surface area contributed by atoms with Gasteiger partial charge in [0.05, 0.1) is 10.0 Å². The van der Waals surface area contributed by atoms with Crippen molar-refractivity contribution in [1.82, 2.24) is 0 Å². The second-order valence-electron chi connectivity index (χ2n) is 3.80. The van der Waals surface area contributed by atoms with E-state index in [9.17, 15) is 0 Å². The van der Waals surface area contributed by atoms with Crippen molar-refractivity contribution >= 4 is 59.3 Å². The lowest BCUT2D eigenvalue weighted by atomic mass is 10.1. The molecule has 0 aliphatic carbocycles. The Hall–Kier alpha value is -0.580. The summed E-state index contributed by atoms with van der Waals surface area (Å²) in [5.74, 6) is 0. The fourth-order valence-corrected chi connectivity index (χ4v) is 1.74. The molecule has 0 saturated carbocycles. The molecule has 0 bridgehead atoms. The van der Waals surface area contributed by atoms with Crippen LogP contribution in [-0.4, -0.2) is 0 Å². The molecule has 1 aromatic carbocycles. The maximum absolute atomic E-state index is 5.95. The van der Waals surface area contributed by atoms with E-state index in [2.05, 4.69) is 0 Å². The van der Waals surface area contributed by atoms with Crippen LogP contribution in [0.5, 0.6) is 0 Å². The van der Waals surface area contributed by atoms with Crippen molar-refractivity contribution < 1.29 is 4.57 Å². The Bertz CT molecular complexity index is 550. The first kappa shape index (κ1) is 15.5. The lowest BCUT2D eigenvalue weighted by molar-refractivity contribution is -0.671. The molecule has 0 saturated heterocycles. The van der Waals surface area contributed by atoms with Gasteiger partial charge in [-0.15, -0.1) is 24.0 Å². The zero-order valence-electron chi connectivity index (χ0n) is 9.81. The van der Waals surface area contributed by atoms with E-state index in [1.54, 1.807) is 6.07 Å². The van der Waals surface area contributed by atoms with Crippen molar-refractivity contribution in [3.8, 4) is 0 Å². The Kier molecular flexibility index (Phi) is 6.12. The summed E-state index contributed by atoms with van der Waals surface area (Å²) in [4.78, 5) is 0. The number of halogens is 3. The van der Waals surface area contributed by atoms with Crippen LogP contribution in [0.4, 0.5) is 0 Å². The number of aromatic nitrogens is 1. The third-order valence-electron chi connectivity index (χ3n) is 2.42. The van der Waals surface area contributed by atoms with E-state index >= 15 is 0 Å². The summed E-state index contributed by atoms with van der Waals surface area (Å²) in [5, 5.41) is 1.16. The van der Waals surface area contributed by atoms with Crippen LogP contribution in [0.15, 0.2) is 42.7 Å². The quantitative estimate of drug-likeness (QED) is 0.519. The van der Waals surface area contributed by atoms with Gasteiger partial charge < -0.3 is 0 Å². The number of hydrogen-bond acceptors (Lipinski definition) is 0. The van der Waals surface area contributed by atoms with Crippen LogP contribution in [0.1, 0.15) is 11.1 Å². The first-order valence-electron chi connectivity index (χ1n) is 5.23. The maximum Gasteiger partial charge on any atom is 0.169 e. The Morgan fingerprint density at radius 3 is 2.11 bits per heavy atom. The standard InChI is InChI=1S/C14H12Cl2N.HI/c1-17-8-6-11(7-9-17)2-3-12-4-5-13(15)14(16)10-12;/h2-10H,1H3;1H/q+1;/b3-2+;. The van der Waals surface area contributed by atoms with Crippen molar-refractivity contribution in [3.63, 3.8) is 0 Å². The van der Waals surface area contributed by atoms with Gasteiger partial charge in [-0.1, -0.05) is 41.4 Å². The van der Waals surface area contributed by atoms with Crippen molar-refractivity contribution in [2.45, 2.75) is 0 Å². The summed E-state index contributed by atoms with van der Waals surface area (Å²) in [6, 6.07) is 9.69. The molecule has 18 heavy (non-hydrogen) atoms. The molecular weight excluding hydrogens is 380 g/mol. The molecule has 2 rings (SSSR count). The third kappa shape index (κ3) is 4.26. The zero-order chi connectivity index (χ0) is 12.3. The largest absolute Gasteiger partial charge is 0.208 e. The van der Waals surface area contributed by atoms with Gasteiger partial charge in [0, 0.05) is 12.1 Å². The molecule has 1 nitrogen and oxygen atoms in total. The van der Waals surface area contributed by atoms with Crippen molar-refractivity contribution in [2.24, 2.45) is 7.05 Å². The van der Waals surface area contributed by atoms with E-state index in [0.29, 0.717) is 10.0 Å². The molecule has 2 aromatic rings. The van der Waals surface area contributed by atoms with Crippen LogP contribution in [0, 0.1) is 0 Å². The molecule has 0 fully saturated rings. The van der Waals surface area contributed by atoms with E-state index in [1.165, 1.54) is 0 Å². The minimum absolute atomic E-state index is 0. The number of rotatable bonds is 2. The van der Waals surface area contributed by atoms with Crippen molar-refractivity contribution in [3.05, 3.63) is 63.9 Å². The van der Waals surface area contributed by atoms with Crippen LogP contribution < -0.4 is 4.57 Å². The van der Waals surface area contributed by atoms with Gasteiger partial charge in [0.15, 0.2) is 12.4 Å². The second kappa shape index (κ2) is 7.12. The van der Waals surface area contributed by atoms with Crippen LogP contribution in [0.3, 0.4) is 0 Å². The molecule has 0 radical (unpaired) electrons. The summed E-state index contributed by atoms with van der Waals surface area (Å²) < 4.78 is 2.00. The number of hydrogen-bond donors (Lipinski definition) is 0. The number of aryl methyl sites for hydroxylation is 1. The van der Waals surface area contributed by atoms with Crippen LogP contribution in [-0.2, 0) is 7.05 Å². The molecule has 94 valence electrons. The van der Waals surface area contributed by atoms with Gasteiger partial charge in [-0.3, -0.25) is 0 Å². The number of nitrogens with zero attached hydrogens (tertiary/aromatic N) is 1. The van der Waals surface area contributed by atoms with Crippen molar-refractivity contribution in [1.29, 1.82) is 0 Å². The summed E-state index contributed by atoms with van der Waals surface area (Å²) >= 11 is 11.8. The predicted octanol–water partition coefficient (Wildman–Crippen LogP) is 4.61. The summed E-state index contributed by atoms with van der Waals surface area (Å²) in [6.07, 6.45) is 8.07. The van der Waals surface area contributed by atoms with Crippen LogP contribution in [0.25, 0.3) is 12.2 Å². The molecule has 0 aliphatic heterocycles. The molecule has 0 atom stereocenters. The smallest absolute Gasteiger partial charge is 0.169 e. The molecule has 0 amide bonds. The average molecular weight is 393 g/mol. The highest BCUT2D eigenvalue weighted by atomic mass is 127. The lowest BCUT2D eigenvalue weighted by Crippen LogP contribution is -2.25. The zero-order valence-corrected chi connectivity index (χ0v) is 13.6. The Balaban J connectivity index is 0.00000162. The van der Waals surface area contributed by atoms with Gasteiger partial charge >= 0.3 is 0 Å². The summed E-state index contributed by atoms with van der Waals surface area (Å²) in [6.45, 7) is 0. The summed E-state index contributed by atoms with van der Waals surface area (Å²) in [5.41, 5.74) is 2.18. The van der Waals surface area contributed by atoms with E-state index < -0.39 is 0 Å². The molecule has 0 N–H and O–H groups in total. The highest BCUT2D eigenvalue weighted by Gasteiger charge is 1.97. The molecular formula is C14H13Cl2IN+. The van der Waals surface area contributed by atoms with E-state index in [1.807, 2.05) is 60.4 Å². The predicted molar refractivity (Wildman–Crippen MR) is 88.4 cm³/mol. The fourth-order valence-electron chi connectivity index (χ4n) is 1.43. The molecule has 0 aliphatic rings. The van der Waals surface area contributed by atoms with E-state index in [0.717, 1.165) is 11.1 Å². The Morgan fingerprint density at radius 2 is 1.50 bits per heavy atom. The number of benzene rings is 1. The molecule has 0 spiro atoms. The first-order chi connectivity index (χ1) is 8.15. The van der Waals surface area contributed by atoms with Gasteiger partial charge in [0.2, 0.25) is 0 Å². The van der Waals surface area contributed by atoms with Gasteiger partial charge in [0.25, 0.3) is 0 Å². The van der Waals surface area contributed by atoms with Gasteiger partial charge in [0.1, 0.15) is 7.05 Å². The molecule has 4 heteroatoms. The van der Waals surface area contributed by atoms with Crippen molar-refractivity contribution in [2.75, 3.05) is 0 Å². The Labute approximate surface area is 134 Å². The fraction of sp³-hybridized carbons (Fsp3) is 0.0714. The third-order valence-corrected chi connectivity index (χ3v) is 3.16. The molecule has 0 unspecified atom stereocenters.